The van der Waals surface area contributed by atoms with Crippen LogP contribution in [0.15, 0.2) is 0 Å². The number of rotatable bonds is 5. The fourth-order valence-corrected chi connectivity index (χ4v) is 0.559. The molecule has 0 saturated heterocycles. The molecule has 0 amide bonds. The Balaban J connectivity index is 0. The standard InChI is InChI=1S/C7H12O3.ClH/c1-2-3-4-5-10-7(9)6-8;/h6H,2-5H2,1H3;1H. The van der Waals surface area contributed by atoms with E-state index in [2.05, 4.69) is 11.7 Å². The Labute approximate surface area is 72.5 Å². The molecule has 3 nitrogen and oxygen atoms in total. The highest BCUT2D eigenvalue weighted by atomic mass is 35.5. The predicted octanol–water partition coefficient (Wildman–Crippen LogP) is 1.34. The lowest BCUT2D eigenvalue weighted by molar-refractivity contribution is -0.148. The van der Waals surface area contributed by atoms with Crippen LogP contribution in [0.5, 0.6) is 0 Å². The van der Waals surface area contributed by atoms with Gasteiger partial charge in [0, 0.05) is 0 Å². The molecule has 4 heteroatoms. The molecule has 0 heterocycles. The van der Waals surface area contributed by atoms with Crippen LogP contribution < -0.4 is 0 Å². The monoisotopic (exact) mass is 180 g/mol. The first-order valence-electron chi connectivity index (χ1n) is 3.43. The molecule has 0 saturated carbocycles. The van der Waals surface area contributed by atoms with Crippen LogP contribution in [0.3, 0.4) is 0 Å². The number of hydrogen-bond donors (Lipinski definition) is 0. The maximum absolute atomic E-state index is 10.2. The predicted molar refractivity (Wildman–Crippen MR) is 43.8 cm³/mol. The van der Waals surface area contributed by atoms with E-state index in [1.807, 2.05) is 0 Å². The SMILES string of the molecule is CCCCCOC(=O)C=O.Cl. The Morgan fingerprint density at radius 1 is 1.45 bits per heavy atom. The summed E-state index contributed by atoms with van der Waals surface area (Å²) in [6.45, 7) is 2.42. The first kappa shape index (κ1) is 13.1. The summed E-state index contributed by atoms with van der Waals surface area (Å²) in [5, 5.41) is 0. The minimum Gasteiger partial charge on any atom is -0.460 e. The highest BCUT2D eigenvalue weighted by molar-refractivity contribution is 6.20. The summed E-state index contributed by atoms with van der Waals surface area (Å²) in [5.41, 5.74) is 0. The van der Waals surface area contributed by atoms with Gasteiger partial charge in [-0.1, -0.05) is 19.8 Å². The summed E-state index contributed by atoms with van der Waals surface area (Å²) >= 11 is 0. The van der Waals surface area contributed by atoms with Crippen LogP contribution in [-0.2, 0) is 14.3 Å². The summed E-state index contributed by atoms with van der Waals surface area (Å²) in [5.74, 6) is -0.767. The van der Waals surface area contributed by atoms with Crippen molar-refractivity contribution < 1.29 is 14.3 Å². The summed E-state index contributed by atoms with van der Waals surface area (Å²) in [7, 11) is 0. The van der Waals surface area contributed by atoms with Crippen LogP contribution in [0.4, 0.5) is 0 Å². The summed E-state index contributed by atoms with van der Waals surface area (Å²) in [4.78, 5) is 19.9. The molecule has 0 aliphatic carbocycles. The summed E-state index contributed by atoms with van der Waals surface area (Å²) in [6.07, 6.45) is 3.15. The zero-order valence-electron chi connectivity index (χ0n) is 6.54. The number of ether oxygens (including phenoxy) is 1. The molecule has 0 aromatic carbocycles. The van der Waals surface area contributed by atoms with Gasteiger partial charge < -0.3 is 4.74 Å². The topological polar surface area (TPSA) is 43.4 Å². The molecule has 0 bridgehead atoms. The first-order chi connectivity index (χ1) is 4.81. The van der Waals surface area contributed by atoms with E-state index in [1.54, 1.807) is 0 Å². The average molecular weight is 181 g/mol. The van der Waals surface area contributed by atoms with E-state index in [1.165, 1.54) is 0 Å². The number of halogens is 1. The molecule has 0 N–H and O–H groups in total. The van der Waals surface area contributed by atoms with E-state index in [-0.39, 0.29) is 18.7 Å². The van der Waals surface area contributed by atoms with Gasteiger partial charge in [-0.3, -0.25) is 4.79 Å². The second-order valence-electron chi connectivity index (χ2n) is 1.99. The van der Waals surface area contributed by atoms with Gasteiger partial charge in [-0.25, -0.2) is 4.79 Å². The van der Waals surface area contributed by atoms with Crippen LogP contribution in [0.2, 0.25) is 0 Å². The minimum atomic E-state index is -0.767. The van der Waals surface area contributed by atoms with E-state index >= 15 is 0 Å². The third-order valence-corrected chi connectivity index (χ3v) is 1.09. The largest absolute Gasteiger partial charge is 0.460 e. The Kier molecular flexibility index (Phi) is 11.2. The molecule has 0 unspecified atom stereocenters. The van der Waals surface area contributed by atoms with Gasteiger partial charge in [0.2, 0.25) is 6.29 Å². The first-order valence-corrected chi connectivity index (χ1v) is 3.43. The lowest BCUT2D eigenvalue weighted by atomic mass is 10.3. The number of unbranched alkanes of at least 4 members (excludes halogenated alkanes) is 2. The molecule has 0 aliphatic heterocycles. The lowest BCUT2D eigenvalue weighted by Gasteiger charge is -1.97. The van der Waals surface area contributed by atoms with Crippen LogP contribution in [0.25, 0.3) is 0 Å². The summed E-state index contributed by atoms with van der Waals surface area (Å²) < 4.78 is 4.49. The molecule has 0 radical (unpaired) electrons. The van der Waals surface area contributed by atoms with Crippen LogP contribution >= 0.6 is 12.4 Å². The van der Waals surface area contributed by atoms with Gasteiger partial charge in [0.25, 0.3) is 0 Å². The van der Waals surface area contributed by atoms with Gasteiger partial charge in [0.05, 0.1) is 6.61 Å². The minimum absolute atomic E-state index is 0. The third kappa shape index (κ3) is 9.43. The lowest BCUT2D eigenvalue weighted by Crippen LogP contribution is -2.06. The van der Waals surface area contributed by atoms with Gasteiger partial charge in [-0.05, 0) is 6.42 Å². The van der Waals surface area contributed by atoms with Crippen LogP contribution in [0, 0.1) is 0 Å². The molecule has 66 valence electrons. The number of esters is 1. The zero-order valence-corrected chi connectivity index (χ0v) is 7.36. The van der Waals surface area contributed by atoms with E-state index in [9.17, 15) is 9.59 Å². The third-order valence-electron chi connectivity index (χ3n) is 1.09. The highest BCUT2D eigenvalue weighted by Gasteiger charge is 1.96. The van der Waals surface area contributed by atoms with Crippen LogP contribution in [-0.4, -0.2) is 18.9 Å². The molecule has 0 atom stereocenters. The molecule has 0 aromatic heterocycles. The van der Waals surface area contributed by atoms with Crippen molar-refractivity contribution in [1.29, 1.82) is 0 Å². The van der Waals surface area contributed by atoms with Gasteiger partial charge in [0.15, 0.2) is 0 Å². The Hall–Kier alpha value is -0.570. The molecule has 0 aliphatic rings. The molecular weight excluding hydrogens is 168 g/mol. The molecular formula is C7H13ClO3. The van der Waals surface area contributed by atoms with Crippen molar-refractivity contribution in [3.8, 4) is 0 Å². The number of hydrogen-bond acceptors (Lipinski definition) is 3. The summed E-state index contributed by atoms with van der Waals surface area (Å²) in [6, 6.07) is 0. The van der Waals surface area contributed by atoms with E-state index in [0.717, 1.165) is 19.3 Å². The second-order valence-corrected chi connectivity index (χ2v) is 1.99. The van der Waals surface area contributed by atoms with E-state index in [0.29, 0.717) is 6.61 Å². The van der Waals surface area contributed by atoms with Crippen LogP contribution in [0.1, 0.15) is 26.2 Å². The Morgan fingerprint density at radius 2 is 2.09 bits per heavy atom. The normalized spacial score (nSPS) is 8.09. The van der Waals surface area contributed by atoms with Crippen molar-refractivity contribution in [2.45, 2.75) is 26.2 Å². The average Bonchev–Trinajstić information content (AvgIpc) is 1.98. The quantitative estimate of drug-likeness (QED) is 0.278. The maximum atomic E-state index is 10.2. The molecule has 0 fully saturated rings. The van der Waals surface area contributed by atoms with E-state index in [4.69, 9.17) is 0 Å². The van der Waals surface area contributed by atoms with Gasteiger partial charge in [-0.15, -0.1) is 12.4 Å². The Morgan fingerprint density at radius 3 is 2.55 bits per heavy atom. The smallest absolute Gasteiger partial charge is 0.371 e. The fraction of sp³-hybridized carbons (Fsp3) is 0.714. The van der Waals surface area contributed by atoms with Gasteiger partial charge >= 0.3 is 5.97 Å². The fourth-order valence-electron chi connectivity index (χ4n) is 0.559. The second kappa shape index (κ2) is 9.43. The van der Waals surface area contributed by atoms with Gasteiger partial charge in [0.1, 0.15) is 0 Å². The van der Waals surface area contributed by atoms with Crippen molar-refractivity contribution in [2.75, 3.05) is 6.61 Å². The van der Waals surface area contributed by atoms with Crippen molar-refractivity contribution in [1.82, 2.24) is 0 Å². The van der Waals surface area contributed by atoms with Crippen molar-refractivity contribution in [2.24, 2.45) is 0 Å². The molecule has 0 spiro atoms. The zero-order chi connectivity index (χ0) is 7.82. The van der Waals surface area contributed by atoms with Gasteiger partial charge in [-0.2, -0.15) is 0 Å². The molecule has 0 aromatic rings. The molecule has 11 heavy (non-hydrogen) atoms. The van der Waals surface area contributed by atoms with Crippen molar-refractivity contribution >= 4 is 24.7 Å². The van der Waals surface area contributed by atoms with Crippen molar-refractivity contribution in [3.63, 3.8) is 0 Å². The Bertz CT molecular complexity index is 114. The molecule has 0 rings (SSSR count). The number of aldehydes is 1. The van der Waals surface area contributed by atoms with Crippen molar-refractivity contribution in [3.05, 3.63) is 0 Å². The number of carbonyl (C=O) groups is 2. The highest BCUT2D eigenvalue weighted by Crippen LogP contribution is 1.93. The maximum Gasteiger partial charge on any atom is 0.371 e. The van der Waals surface area contributed by atoms with E-state index < -0.39 is 5.97 Å². The number of carbonyl (C=O) groups excluding carboxylic acids is 2.